The average molecular weight is 283 g/mol. The summed E-state index contributed by atoms with van der Waals surface area (Å²) >= 11 is 6.17. The van der Waals surface area contributed by atoms with E-state index in [9.17, 15) is 0 Å². The highest BCUT2D eigenvalue weighted by molar-refractivity contribution is 6.31. The van der Waals surface area contributed by atoms with Crippen molar-refractivity contribution in [3.05, 3.63) is 22.8 Å². The highest BCUT2D eigenvalue weighted by atomic mass is 35.5. The van der Waals surface area contributed by atoms with E-state index >= 15 is 0 Å². The van der Waals surface area contributed by atoms with Crippen LogP contribution in [0.25, 0.3) is 0 Å². The Bertz CT molecular complexity index is 425. The van der Waals surface area contributed by atoms with E-state index in [1.54, 1.807) is 0 Å². The van der Waals surface area contributed by atoms with Gasteiger partial charge in [-0.15, -0.1) is 0 Å². The first kappa shape index (κ1) is 14.6. The first-order chi connectivity index (χ1) is 9.02. The maximum Gasteiger partial charge on any atom is 0.129 e. The van der Waals surface area contributed by atoms with Crippen LogP contribution in [0.1, 0.15) is 19.5 Å². The zero-order valence-corrected chi connectivity index (χ0v) is 12.9. The number of hydrogen-bond donors (Lipinski definition) is 1. The molecule has 0 amide bonds. The molecular weight excluding hydrogens is 260 g/mol. The van der Waals surface area contributed by atoms with Crippen molar-refractivity contribution in [3.63, 3.8) is 0 Å². The molecule has 1 aromatic rings. The largest absolute Gasteiger partial charge is 0.353 e. The second kappa shape index (κ2) is 6.07. The summed E-state index contributed by atoms with van der Waals surface area (Å²) < 4.78 is 0. The Hall–Kier alpha value is -0.840. The van der Waals surface area contributed by atoms with Crippen LogP contribution in [0, 0.1) is 0 Å². The van der Waals surface area contributed by atoms with Gasteiger partial charge in [-0.3, -0.25) is 4.90 Å². The third-order valence-electron chi connectivity index (χ3n) is 3.93. The van der Waals surface area contributed by atoms with E-state index in [4.69, 9.17) is 16.6 Å². The highest BCUT2D eigenvalue weighted by Gasteiger charge is 2.27. The van der Waals surface area contributed by atoms with Crippen molar-refractivity contribution in [1.29, 1.82) is 0 Å². The molecule has 0 radical (unpaired) electrons. The van der Waals surface area contributed by atoms with Crippen molar-refractivity contribution in [1.82, 2.24) is 15.2 Å². The van der Waals surface area contributed by atoms with E-state index < -0.39 is 0 Å². The minimum Gasteiger partial charge on any atom is -0.353 e. The molecule has 19 heavy (non-hydrogen) atoms. The first-order valence-corrected chi connectivity index (χ1v) is 7.17. The molecule has 5 heteroatoms. The van der Waals surface area contributed by atoms with Crippen LogP contribution in [0.2, 0.25) is 5.02 Å². The number of pyridine rings is 1. The van der Waals surface area contributed by atoms with Gasteiger partial charge in [0, 0.05) is 31.7 Å². The second-order valence-electron chi connectivity index (χ2n) is 5.40. The number of piperazine rings is 1. The predicted octanol–water partition coefficient (Wildman–Crippen LogP) is 1.98. The minimum atomic E-state index is 0.536. The van der Waals surface area contributed by atoms with Crippen molar-refractivity contribution < 1.29 is 0 Å². The lowest BCUT2D eigenvalue weighted by Crippen LogP contribution is -2.55. The molecule has 2 atom stereocenters. The fraction of sp³-hybridized carbons (Fsp3) is 0.643. The Morgan fingerprint density at radius 2 is 1.95 bits per heavy atom. The van der Waals surface area contributed by atoms with E-state index in [2.05, 4.69) is 36.0 Å². The first-order valence-electron chi connectivity index (χ1n) is 6.79. The van der Waals surface area contributed by atoms with Gasteiger partial charge in [-0.25, -0.2) is 4.98 Å². The van der Waals surface area contributed by atoms with Crippen molar-refractivity contribution in [2.24, 2.45) is 0 Å². The van der Waals surface area contributed by atoms with Gasteiger partial charge in [-0.05, 0) is 40.1 Å². The van der Waals surface area contributed by atoms with Gasteiger partial charge in [0.25, 0.3) is 0 Å². The summed E-state index contributed by atoms with van der Waals surface area (Å²) in [6.45, 7) is 7.23. The summed E-state index contributed by atoms with van der Waals surface area (Å²) in [6, 6.07) is 5.04. The number of hydrogen-bond acceptors (Lipinski definition) is 4. The molecule has 2 unspecified atom stereocenters. The van der Waals surface area contributed by atoms with Gasteiger partial charge < -0.3 is 10.2 Å². The molecule has 1 N–H and O–H groups in total. The third-order valence-corrected chi connectivity index (χ3v) is 4.28. The molecule has 1 aliphatic rings. The number of nitrogens with zero attached hydrogens (tertiary/aromatic N) is 3. The molecule has 1 aromatic heterocycles. The van der Waals surface area contributed by atoms with Crippen LogP contribution in [0.15, 0.2) is 12.1 Å². The van der Waals surface area contributed by atoms with Crippen molar-refractivity contribution in [3.8, 4) is 0 Å². The van der Waals surface area contributed by atoms with Gasteiger partial charge >= 0.3 is 0 Å². The van der Waals surface area contributed by atoms with Crippen LogP contribution >= 0.6 is 11.6 Å². The molecule has 0 bridgehead atoms. The normalized spacial score (nSPS) is 24.8. The molecule has 0 saturated carbocycles. The average Bonchev–Trinajstić information content (AvgIpc) is 2.38. The highest BCUT2D eigenvalue weighted by Crippen LogP contribution is 2.23. The summed E-state index contributed by atoms with van der Waals surface area (Å²) in [5.41, 5.74) is 0.918. The van der Waals surface area contributed by atoms with E-state index in [-0.39, 0.29) is 0 Å². The molecule has 2 rings (SSSR count). The molecule has 1 fully saturated rings. The van der Waals surface area contributed by atoms with Crippen LogP contribution in [0.5, 0.6) is 0 Å². The predicted molar refractivity (Wildman–Crippen MR) is 80.9 cm³/mol. The summed E-state index contributed by atoms with van der Waals surface area (Å²) in [6.07, 6.45) is 0. The molecular formula is C14H23ClN4. The Morgan fingerprint density at radius 1 is 1.32 bits per heavy atom. The number of nitrogens with one attached hydrogen (secondary N) is 1. The minimum absolute atomic E-state index is 0.536. The van der Waals surface area contributed by atoms with Gasteiger partial charge in [0.15, 0.2) is 0 Å². The zero-order valence-electron chi connectivity index (χ0n) is 12.2. The summed E-state index contributed by atoms with van der Waals surface area (Å²) in [7, 11) is 4.10. The molecule has 1 saturated heterocycles. The molecule has 1 aliphatic heterocycles. The van der Waals surface area contributed by atoms with Crippen LogP contribution in [-0.2, 0) is 6.54 Å². The van der Waals surface area contributed by atoms with Gasteiger partial charge in [-0.2, -0.15) is 0 Å². The molecule has 0 aliphatic carbocycles. The quantitative estimate of drug-likeness (QED) is 0.919. The molecule has 106 valence electrons. The zero-order chi connectivity index (χ0) is 14.0. The van der Waals surface area contributed by atoms with Crippen molar-refractivity contribution in [2.75, 3.05) is 32.1 Å². The number of likely N-dealkylation sites (N-methyl/N-ethyl adjacent to an activating group) is 1. The van der Waals surface area contributed by atoms with Crippen LogP contribution in [0.4, 0.5) is 5.82 Å². The van der Waals surface area contributed by atoms with Crippen LogP contribution in [-0.4, -0.2) is 49.2 Å². The van der Waals surface area contributed by atoms with E-state index in [1.807, 2.05) is 19.2 Å². The SMILES string of the molecule is CNCc1nc(N2CC(C)N(C)C(C)C2)ccc1Cl. The van der Waals surface area contributed by atoms with E-state index in [0.717, 1.165) is 29.6 Å². The van der Waals surface area contributed by atoms with Gasteiger partial charge in [0.1, 0.15) is 5.82 Å². The van der Waals surface area contributed by atoms with E-state index in [1.165, 1.54) is 0 Å². The van der Waals surface area contributed by atoms with E-state index in [0.29, 0.717) is 18.6 Å². The van der Waals surface area contributed by atoms with Crippen molar-refractivity contribution in [2.45, 2.75) is 32.5 Å². The number of anilines is 1. The fourth-order valence-electron chi connectivity index (χ4n) is 2.53. The fourth-order valence-corrected chi connectivity index (χ4v) is 2.70. The molecule has 2 heterocycles. The second-order valence-corrected chi connectivity index (χ2v) is 5.80. The van der Waals surface area contributed by atoms with Gasteiger partial charge in [0.05, 0.1) is 10.7 Å². The topological polar surface area (TPSA) is 31.4 Å². The Balaban J connectivity index is 2.20. The number of halogens is 1. The Labute approximate surface area is 120 Å². The lowest BCUT2D eigenvalue weighted by Gasteiger charge is -2.43. The lowest BCUT2D eigenvalue weighted by molar-refractivity contribution is 0.169. The van der Waals surface area contributed by atoms with Crippen LogP contribution in [0.3, 0.4) is 0 Å². The third kappa shape index (κ3) is 3.19. The Kier molecular flexibility index (Phi) is 4.66. The summed E-state index contributed by atoms with van der Waals surface area (Å²) in [5.74, 6) is 1.03. The summed E-state index contributed by atoms with van der Waals surface area (Å²) in [4.78, 5) is 9.46. The molecule has 0 aromatic carbocycles. The number of rotatable bonds is 3. The standard InChI is InChI=1S/C14H23ClN4/c1-10-8-19(9-11(2)18(10)4)14-6-5-12(15)13(17-14)7-16-3/h5-6,10-11,16H,7-9H2,1-4H3. The van der Waals surface area contributed by atoms with Crippen molar-refractivity contribution >= 4 is 17.4 Å². The molecule has 0 spiro atoms. The van der Waals surface area contributed by atoms with Crippen LogP contribution < -0.4 is 10.2 Å². The number of aromatic nitrogens is 1. The summed E-state index contributed by atoms with van der Waals surface area (Å²) in [5, 5.41) is 3.84. The molecule has 4 nitrogen and oxygen atoms in total. The Morgan fingerprint density at radius 3 is 2.53 bits per heavy atom. The van der Waals surface area contributed by atoms with Gasteiger partial charge in [0.2, 0.25) is 0 Å². The lowest BCUT2D eigenvalue weighted by atomic mass is 10.1. The smallest absolute Gasteiger partial charge is 0.129 e. The maximum absolute atomic E-state index is 6.17. The van der Waals surface area contributed by atoms with Gasteiger partial charge in [-0.1, -0.05) is 11.6 Å². The monoisotopic (exact) mass is 282 g/mol. The maximum atomic E-state index is 6.17.